The van der Waals surface area contributed by atoms with Crippen molar-refractivity contribution in [3.63, 3.8) is 0 Å². The maximum absolute atomic E-state index is 11.5. The van der Waals surface area contributed by atoms with Crippen LogP contribution in [0.4, 0.5) is 0 Å². The maximum atomic E-state index is 11.5. The van der Waals surface area contributed by atoms with Crippen LogP contribution in [0.2, 0.25) is 0 Å². The van der Waals surface area contributed by atoms with Gasteiger partial charge in [0.25, 0.3) is 0 Å². The fourth-order valence-electron chi connectivity index (χ4n) is 1.09. The molecule has 0 spiro atoms. The summed E-state index contributed by atoms with van der Waals surface area (Å²) in [5, 5.41) is 0.859. The van der Waals surface area contributed by atoms with Gasteiger partial charge in [-0.15, -0.1) is 0 Å². The Morgan fingerprint density at radius 3 is 2.00 bits per heavy atom. The molecule has 0 aromatic rings. The van der Waals surface area contributed by atoms with Crippen LogP contribution >= 0.6 is 15.9 Å². The van der Waals surface area contributed by atoms with Gasteiger partial charge < -0.3 is 0 Å². The molecular formula is C9H19BrO4S2. The molecule has 0 aliphatic rings. The first-order valence-electron chi connectivity index (χ1n) is 5.10. The van der Waals surface area contributed by atoms with Gasteiger partial charge in [0, 0.05) is 11.6 Å². The van der Waals surface area contributed by atoms with Gasteiger partial charge in [0.15, 0.2) is 9.84 Å². The van der Waals surface area contributed by atoms with Crippen LogP contribution in [0.3, 0.4) is 0 Å². The number of alkyl halides is 1. The summed E-state index contributed by atoms with van der Waals surface area (Å²) >= 11 is 3.30. The van der Waals surface area contributed by atoms with E-state index in [0.717, 1.165) is 18.0 Å². The van der Waals surface area contributed by atoms with E-state index in [1.807, 2.05) is 6.92 Å². The average Bonchev–Trinajstić information content (AvgIpc) is 2.12. The first kappa shape index (κ1) is 16.4. The number of hydrogen-bond acceptors (Lipinski definition) is 4. The Kier molecular flexibility index (Phi) is 7.12. The molecule has 0 saturated carbocycles. The molecule has 1 atom stereocenters. The van der Waals surface area contributed by atoms with Crippen LogP contribution < -0.4 is 0 Å². The Morgan fingerprint density at radius 1 is 1.00 bits per heavy atom. The van der Waals surface area contributed by atoms with Crippen molar-refractivity contribution in [1.82, 2.24) is 0 Å². The Balaban J connectivity index is 4.07. The topological polar surface area (TPSA) is 68.3 Å². The minimum absolute atomic E-state index is 0.0800. The number of halogens is 1. The van der Waals surface area contributed by atoms with Crippen LogP contribution in [0, 0.1) is 5.92 Å². The molecule has 0 aromatic heterocycles. The fraction of sp³-hybridized carbons (Fsp3) is 1.00. The maximum Gasteiger partial charge on any atom is 0.151 e. The second-order valence-corrected chi connectivity index (χ2v) is 9.51. The van der Waals surface area contributed by atoms with E-state index < -0.39 is 19.7 Å². The summed E-state index contributed by atoms with van der Waals surface area (Å²) < 4.78 is 44.7. The van der Waals surface area contributed by atoms with Crippen LogP contribution in [0.25, 0.3) is 0 Å². The van der Waals surface area contributed by atoms with Crippen molar-refractivity contribution in [2.75, 3.05) is 28.8 Å². The van der Waals surface area contributed by atoms with Gasteiger partial charge in [-0.25, -0.2) is 16.8 Å². The van der Waals surface area contributed by atoms with E-state index in [1.165, 1.54) is 0 Å². The first-order valence-corrected chi connectivity index (χ1v) is 10.1. The van der Waals surface area contributed by atoms with Gasteiger partial charge in [-0.05, 0) is 18.8 Å². The third-order valence-corrected chi connectivity index (χ3v) is 5.63. The Bertz CT molecular complexity index is 386. The number of hydrogen-bond donors (Lipinski definition) is 0. The SMILES string of the molecule is CC(CCBr)CCS(=O)(=O)CCS(C)(=O)=O. The highest BCUT2D eigenvalue weighted by atomic mass is 79.9. The van der Waals surface area contributed by atoms with Crippen molar-refractivity contribution in [2.24, 2.45) is 5.92 Å². The van der Waals surface area contributed by atoms with Crippen LogP contribution in [0.15, 0.2) is 0 Å². The molecule has 0 aromatic carbocycles. The number of rotatable bonds is 8. The molecule has 0 rings (SSSR count). The molecule has 0 radical (unpaired) electrons. The molecule has 98 valence electrons. The van der Waals surface area contributed by atoms with E-state index in [2.05, 4.69) is 15.9 Å². The Labute approximate surface area is 107 Å². The molecule has 0 fully saturated rings. The highest BCUT2D eigenvalue weighted by Gasteiger charge is 2.15. The molecule has 0 saturated heterocycles. The third kappa shape index (κ3) is 9.59. The summed E-state index contributed by atoms with van der Waals surface area (Å²) in [6.07, 6.45) is 2.58. The minimum atomic E-state index is -3.22. The van der Waals surface area contributed by atoms with Gasteiger partial charge >= 0.3 is 0 Å². The van der Waals surface area contributed by atoms with E-state index in [-0.39, 0.29) is 17.3 Å². The average molecular weight is 335 g/mol. The van der Waals surface area contributed by atoms with Crippen molar-refractivity contribution in [3.8, 4) is 0 Å². The normalized spacial score (nSPS) is 14.9. The zero-order valence-electron chi connectivity index (χ0n) is 9.65. The Hall–Kier alpha value is 0.380. The van der Waals surface area contributed by atoms with E-state index >= 15 is 0 Å². The second-order valence-electron chi connectivity index (χ2n) is 4.15. The Morgan fingerprint density at radius 2 is 1.56 bits per heavy atom. The molecule has 0 N–H and O–H groups in total. The minimum Gasteiger partial charge on any atom is -0.229 e. The molecule has 1 unspecified atom stereocenters. The molecule has 0 aliphatic heterocycles. The molecule has 4 nitrogen and oxygen atoms in total. The molecule has 7 heteroatoms. The predicted molar refractivity (Wildman–Crippen MR) is 70.6 cm³/mol. The molecule has 0 heterocycles. The lowest BCUT2D eigenvalue weighted by molar-refractivity contribution is 0.536. The summed E-state index contributed by atoms with van der Waals surface area (Å²) in [5.74, 6) is -0.112. The third-order valence-electron chi connectivity index (χ3n) is 2.29. The standard InChI is InChI=1S/C9H19BrO4S2/c1-9(3-5-10)4-6-16(13,14)8-7-15(2,11)12/h9H,3-8H2,1-2H3. The van der Waals surface area contributed by atoms with Gasteiger partial charge in [-0.3, -0.25) is 0 Å². The summed E-state index contributed by atoms with van der Waals surface area (Å²) in [6, 6.07) is 0. The number of sulfone groups is 2. The predicted octanol–water partition coefficient (Wildman–Crippen LogP) is 1.26. The van der Waals surface area contributed by atoms with Crippen LogP contribution in [-0.4, -0.2) is 45.7 Å². The molecule has 16 heavy (non-hydrogen) atoms. The van der Waals surface area contributed by atoms with Crippen molar-refractivity contribution in [1.29, 1.82) is 0 Å². The fourth-order valence-corrected chi connectivity index (χ4v) is 5.07. The smallest absolute Gasteiger partial charge is 0.151 e. The van der Waals surface area contributed by atoms with Gasteiger partial charge in [0.05, 0.1) is 17.3 Å². The summed E-state index contributed by atoms with van der Waals surface area (Å²) in [6.45, 7) is 1.99. The molecule has 0 aliphatic carbocycles. The van der Waals surface area contributed by atoms with E-state index in [1.54, 1.807) is 0 Å². The summed E-state index contributed by atoms with van der Waals surface area (Å²) in [5.41, 5.74) is 0. The summed E-state index contributed by atoms with van der Waals surface area (Å²) in [4.78, 5) is 0. The molecular weight excluding hydrogens is 316 g/mol. The molecule has 0 bridgehead atoms. The monoisotopic (exact) mass is 334 g/mol. The van der Waals surface area contributed by atoms with Gasteiger partial charge in [-0.1, -0.05) is 22.9 Å². The van der Waals surface area contributed by atoms with Crippen molar-refractivity contribution in [3.05, 3.63) is 0 Å². The van der Waals surface area contributed by atoms with Crippen LogP contribution in [-0.2, 0) is 19.7 Å². The van der Waals surface area contributed by atoms with Gasteiger partial charge in [0.2, 0.25) is 0 Å². The highest BCUT2D eigenvalue weighted by Crippen LogP contribution is 2.11. The lowest BCUT2D eigenvalue weighted by Gasteiger charge is -2.09. The van der Waals surface area contributed by atoms with E-state index in [4.69, 9.17) is 0 Å². The lowest BCUT2D eigenvalue weighted by Crippen LogP contribution is -2.20. The van der Waals surface area contributed by atoms with Gasteiger partial charge in [0.1, 0.15) is 9.84 Å². The van der Waals surface area contributed by atoms with Crippen molar-refractivity contribution < 1.29 is 16.8 Å². The van der Waals surface area contributed by atoms with E-state index in [9.17, 15) is 16.8 Å². The van der Waals surface area contributed by atoms with Crippen molar-refractivity contribution in [2.45, 2.75) is 19.8 Å². The van der Waals surface area contributed by atoms with Gasteiger partial charge in [-0.2, -0.15) is 0 Å². The van der Waals surface area contributed by atoms with Crippen molar-refractivity contribution >= 4 is 35.6 Å². The molecule has 0 amide bonds. The van der Waals surface area contributed by atoms with Crippen LogP contribution in [0.5, 0.6) is 0 Å². The lowest BCUT2D eigenvalue weighted by atomic mass is 10.1. The quantitative estimate of drug-likeness (QED) is 0.626. The zero-order valence-corrected chi connectivity index (χ0v) is 12.9. The zero-order chi connectivity index (χ0) is 12.8. The second kappa shape index (κ2) is 6.96. The first-order chi connectivity index (χ1) is 7.16. The summed E-state index contributed by atoms with van der Waals surface area (Å²) in [7, 11) is -6.42. The largest absolute Gasteiger partial charge is 0.229 e. The highest BCUT2D eigenvalue weighted by molar-refractivity contribution is 9.09. The van der Waals surface area contributed by atoms with E-state index in [0.29, 0.717) is 12.3 Å². The van der Waals surface area contributed by atoms with Crippen LogP contribution in [0.1, 0.15) is 19.8 Å².